The van der Waals surface area contributed by atoms with Crippen LogP contribution in [0.4, 0.5) is 0 Å². The number of amides is 1. The van der Waals surface area contributed by atoms with Gasteiger partial charge in [0.05, 0.1) is 10.8 Å². The van der Waals surface area contributed by atoms with E-state index in [0.29, 0.717) is 12.3 Å². The van der Waals surface area contributed by atoms with E-state index in [0.717, 1.165) is 19.4 Å². The average molecular weight is 272 g/mol. The topological polar surface area (TPSA) is 69.6 Å². The van der Waals surface area contributed by atoms with Crippen molar-refractivity contribution in [3.05, 3.63) is 0 Å². The molecule has 2 fully saturated rings. The van der Waals surface area contributed by atoms with Crippen molar-refractivity contribution in [1.29, 1.82) is 0 Å². The molecule has 2 heterocycles. The molecular weight excluding hydrogens is 252 g/mol. The number of nitrogens with one attached hydrogen (secondary N) is 1. The standard InChI is InChI=1S/C12H20N2O3S/c1-8-14(9(6-18-8)10(15)16)11(17)12(2)4-3-5-13-7-12/h8-9,13H,3-7H2,1-2H3,(H,15,16). The van der Waals surface area contributed by atoms with Gasteiger partial charge in [-0.2, -0.15) is 0 Å². The van der Waals surface area contributed by atoms with Crippen molar-refractivity contribution in [3.8, 4) is 0 Å². The normalized spacial score (nSPS) is 36.7. The average Bonchev–Trinajstić information content (AvgIpc) is 2.71. The summed E-state index contributed by atoms with van der Waals surface area (Å²) < 4.78 is 0. The van der Waals surface area contributed by atoms with Crippen LogP contribution in [-0.4, -0.2) is 52.1 Å². The summed E-state index contributed by atoms with van der Waals surface area (Å²) in [5.74, 6) is -0.418. The first-order valence-corrected chi connectivity index (χ1v) is 7.38. The molecule has 6 heteroatoms. The molecule has 0 radical (unpaired) electrons. The summed E-state index contributed by atoms with van der Waals surface area (Å²) in [5, 5.41) is 12.4. The van der Waals surface area contributed by atoms with Gasteiger partial charge in [-0.25, -0.2) is 4.79 Å². The molecule has 2 saturated heterocycles. The molecule has 18 heavy (non-hydrogen) atoms. The van der Waals surface area contributed by atoms with Crippen LogP contribution in [0.5, 0.6) is 0 Å². The van der Waals surface area contributed by atoms with Crippen molar-refractivity contribution < 1.29 is 14.7 Å². The van der Waals surface area contributed by atoms with Crippen LogP contribution in [-0.2, 0) is 9.59 Å². The number of hydrogen-bond donors (Lipinski definition) is 2. The number of carboxylic acid groups (broad SMARTS) is 1. The van der Waals surface area contributed by atoms with Gasteiger partial charge in [-0.1, -0.05) is 0 Å². The highest BCUT2D eigenvalue weighted by Gasteiger charge is 2.46. The summed E-state index contributed by atoms with van der Waals surface area (Å²) in [4.78, 5) is 25.5. The number of nitrogens with zero attached hydrogens (tertiary/aromatic N) is 1. The predicted molar refractivity (Wildman–Crippen MR) is 70.4 cm³/mol. The van der Waals surface area contributed by atoms with E-state index in [2.05, 4.69) is 5.32 Å². The van der Waals surface area contributed by atoms with Crippen molar-refractivity contribution in [3.63, 3.8) is 0 Å². The molecular formula is C12H20N2O3S. The second-order valence-electron chi connectivity index (χ2n) is 5.34. The van der Waals surface area contributed by atoms with Crippen molar-refractivity contribution in [2.24, 2.45) is 5.41 Å². The van der Waals surface area contributed by atoms with E-state index in [1.54, 1.807) is 4.90 Å². The summed E-state index contributed by atoms with van der Waals surface area (Å²) in [7, 11) is 0. The van der Waals surface area contributed by atoms with Gasteiger partial charge in [0, 0.05) is 12.3 Å². The highest BCUT2D eigenvalue weighted by Crippen LogP contribution is 2.36. The van der Waals surface area contributed by atoms with E-state index in [1.807, 2.05) is 13.8 Å². The largest absolute Gasteiger partial charge is 0.480 e. The molecule has 102 valence electrons. The second kappa shape index (κ2) is 5.09. The van der Waals surface area contributed by atoms with Crippen LogP contribution < -0.4 is 5.32 Å². The van der Waals surface area contributed by atoms with Crippen LogP contribution in [0.15, 0.2) is 0 Å². The van der Waals surface area contributed by atoms with Gasteiger partial charge < -0.3 is 15.3 Å². The van der Waals surface area contributed by atoms with Crippen LogP contribution in [0.1, 0.15) is 26.7 Å². The number of carbonyl (C=O) groups is 2. The molecule has 3 atom stereocenters. The lowest BCUT2D eigenvalue weighted by Gasteiger charge is -2.38. The van der Waals surface area contributed by atoms with Crippen molar-refractivity contribution in [2.75, 3.05) is 18.8 Å². The Balaban J connectivity index is 2.17. The fourth-order valence-electron chi connectivity index (χ4n) is 2.69. The zero-order valence-electron chi connectivity index (χ0n) is 10.8. The highest BCUT2D eigenvalue weighted by molar-refractivity contribution is 8.00. The van der Waals surface area contributed by atoms with E-state index in [9.17, 15) is 14.7 Å². The fourth-order valence-corrected chi connectivity index (χ4v) is 3.86. The number of rotatable bonds is 2. The predicted octanol–water partition coefficient (Wildman–Crippen LogP) is 0.751. The number of hydrogen-bond acceptors (Lipinski definition) is 4. The molecule has 0 aromatic rings. The van der Waals surface area contributed by atoms with Crippen LogP contribution in [0.3, 0.4) is 0 Å². The monoisotopic (exact) mass is 272 g/mol. The molecule has 2 rings (SSSR count). The van der Waals surface area contributed by atoms with Crippen molar-refractivity contribution in [2.45, 2.75) is 38.1 Å². The van der Waals surface area contributed by atoms with Gasteiger partial charge in [0.15, 0.2) is 0 Å². The first kappa shape index (κ1) is 13.7. The lowest BCUT2D eigenvalue weighted by Crippen LogP contribution is -2.55. The maximum atomic E-state index is 12.7. The Kier molecular flexibility index (Phi) is 3.87. The van der Waals surface area contributed by atoms with Gasteiger partial charge >= 0.3 is 5.97 Å². The zero-order chi connectivity index (χ0) is 13.3. The smallest absolute Gasteiger partial charge is 0.327 e. The number of piperidine rings is 1. The third kappa shape index (κ3) is 2.36. The lowest BCUT2D eigenvalue weighted by atomic mass is 9.81. The molecule has 0 aromatic carbocycles. The van der Waals surface area contributed by atoms with Crippen LogP contribution in [0.25, 0.3) is 0 Å². The summed E-state index contributed by atoms with van der Waals surface area (Å²) >= 11 is 1.54. The minimum atomic E-state index is -0.896. The van der Waals surface area contributed by atoms with Gasteiger partial charge in [-0.05, 0) is 33.2 Å². The van der Waals surface area contributed by atoms with E-state index in [-0.39, 0.29) is 11.3 Å². The molecule has 2 N–H and O–H groups in total. The Bertz CT molecular complexity index is 355. The first-order chi connectivity index (χ1) is 8.46. The Morgan fingerprint density at radius 3 is 2.78 bits per heavy atom. The van der Waals surface area contributed by atoms with E-state index in [1.165, 1.54) is 11.8 Å². The number of thioether (sulfide) groups is 1. The molecule has 0 saturated carbocycles. The van der Waals surface area contributed by atoms with Crippen molar-refractivity contribution in [1.82, 2.24) is 10.2 Å². The van der Waals surface area contributed by atoms with E-state index < -0.39 is 17.4 Å². The van der Waals surface area contributed by atoms with Gasteiger partial charge in [0.1, 0.15) is 6.04 Å². The molecule has 0 bridgehead atoms. The molecule has 0 spiro atoms. The maximum Gasteiger partial charge on any atom is 0.327 e. The molecule has 3 unspecified atom stereocenters. The molecule has 2 aliphatic heterocycles. The van der Waals surface area contributed by atoms with Crippen LogP contribution in [0.2, 0.25) is 0 Å². The minimum absolute atomic E-state index is 0.0143. The minimum Gasteiger partial charge on any atom is -0.480 e. The third-order valence-electron chi connectivity index (χ3n) is 3.86. The Morgan fingerprint density at radius 1 is 1.50 bits per heavy atom. The van der Waals surface area contributed by atoms with Gasteiger partial charge in [0.25, 0.3) is 0 Å². The molecule has 1 amide bonds. The van der Waals surface area contributed by atoms with Crippen molar-refractivity contribution >= 4 is 23.6 Å². The summed E-state index contributed by atoms with van der Waals surface area (Å²) in [6, 6.07) is -0.670. The van der Waals surface area contributed by atoms with Crippen LogP contribution in [0, 0.1) is 5.41 Å². The SMILES string of the molecule is CC1SCC(C(=O)O)N1C(=O)C1(C)CCCNC1. The Labute approximate surface area is 111 Å². The number of carboxylic acids is 1. The molecule has 5 nitrogen and oxygen atoms in total. The van der Waals surface area contributed by atoms with E-state index in [4.69, 9.17) is 0 Å². The summed E-state index contributed by atoms with van der Waals surface area (Å²) in [6.45, 7) is 5.43. The highest BCUT2D eigenvalue weighted by atomic mass is 32.2. The van der Waals surface area contributed by atoms with Gasteiger partial charge in [0.2, 0.25) is 5.91 Å². The number of carbonyl (C=O) groups excluding carboxylic acids is 1. The lowest BCUT2D eigenvalue weighted by molar-refractivity contribution is -0.154. The Hall–Kier alpha value is -0.750. The first-order valence-electron chi connectivity index (χ1n) is 6.33. The van der Waals surface area contributed by atoms with Gasteiger partial charge in [-0.3, -0.25) is 4.79 Å². The Morgan fingerprint density at radius 2 is 2.22 bits per heavy atom. The molecule has 2 aliphatic rings. The molecule has 0 aliphatic carbocycles. The number of aliphatic carboxylic acids is 1. The second-order valence-corrected chi connectivity index (χ2v) is 6.69. The van der Waals surface area contributed by atoms with Gasteiger partial charge in [-0.15, -0.1) is 11.8 Å². The fraction of sp³-hybridized carbons (Fsp3) is 0.833. The summed E-state index contributed by atoms with van der Waals surface area (Å²) in [5.41, 5.74) is -0.453. The van der Waals surface area contributed by atoms with Crippen LogP contribution >= 0.6 is 11.8 Å². The quantitative estimate of drug-likeness (QED) is 0.776. The molecule has 0 aromatic heterocycles. The third-order valence-corrected chi connectivity index (χ3v) is 5.07. The zero-order valence-corrected chi connectivity index (χ0v) is 11.6. The van der Waals surface area contributed by atoms with E-state index >= 15 is 0 Å². The maximum absolute atomic E-state index is 12.7. The summed E-state index contributed by atoms with van der Waals surface area (Å²) in [6.07, 6.45) is 1.80.